The van der Waals surface area contributed by atoms with Gasteiger partial charge in [-0.3, -0.25) is 9.80 Å². The van der Waals surface area contributed by atoms with E-state index in [1.54, 1.807) is 17.1 Å². The zero-order chi connectivity index (χ0) is 26.5. The van der Waals surface area contributed by atoms with Crippen molar-refractivity contribution >= 4 is 11.6 Å². The molecule has 1 amide bonds. The summed E-state index contributed by atoms with van der Waals surface area (Å²) in [5, 5.41) is 35.6. The first-order valence-corrected chi connectivity index (χ1v) is 13.3. The highest BCUT2D eigenvalue weighted by Crippen LogP contribution is 2.45. The van der Waals surface area contributed by atoms with Gasteiger partial charge >= 0.3 is 0 Å². The normalized spacial score (nSPS) is 28.5. The van der Waals surface area contributed by atoms with Gasteiger partial charge in [0.05, 0.1) is 41.8 Å². The smallest absolute Gasteiger partial charge is 0.249 e. The molecule has 0 radical (unpaired) electrons. The number of rotatable bonds is 7. The molecule has 196 valence electrons. The molecule has 7 heteroatoms. The second-order valence-corrected chi connectivity index (χ2v) is 10.5. The van der Waals surface area contributed by atoms with Gasteiger partial charge in [-0.25, -0.2) is 0 Å². The quantitative estimate of drug-likeness (QED) is 0.309. The summed E-state index contributed by atoms with van der Waals surface area (Å²) in [6.07, 6.45) is 15.9. The summed E-state index contributed by atoms with van der Waals surface area (Å²) in [7, 11) is 0. The number of allylic oxidation sites excluding steroid dienone is 7. The van der Waals surface area contributed by atoms with E-state index in [4.69, 9.17) is 5.10 Å². The summed E-state index contributed by atoms with van der Waals surface area (Å²) < 4.78 is 0. The first kappa shape index (κ1) is 26.8. The fraction of sp³-hybridized carbons (Fsp3) is 0.500. The van der Waals surface area contributed by atoms with Crippen LogP contribution < -0.4 is 0 Å². The highest BCUT2D eigenvalue weighted by molar-refractivity contribution is 6.08. The van der Waals surface area contributed by atoms with Crippen LogP contribution in [0.5, 0.6) is 0 Å². The number of hydrogen-bond donors (Lipinski definition) is 2. The Morgan fingerprint density at radius 2 is 1.97 bits per heavy atom. The molecule has 0 aromatic rings. The van der Waals surface area contributed by atoms with Crippen molar-refractivity contribution in [1.29, 1.82) is 5.26 Å². The van der Waals surface area contributed by atoms with Gasteiger partial charge in [-0.2, -0.15) is 10.4 Å². The van der Waals surface area contributed by atoms with E-state index in [2.05, 4.69) is 18.2 Å². The Hall–Kier alpha value is -3.21. The van der Waals surface area contributed by atoms with E-state index in [1.807, 2.05) is 31.2 Å². The van der Waals surface area contributed by atoms with Gasteiger partial charge in [-0.15, -0.1) is 0 Å². The molecule has 1 saturated heterocycles. The molecule has 7 nitrogen and oxygen atoms in total. The van der Waals surface area contributed by atoms with Crippen molar-refractivity contribution in [2.24, 2.45) is 16.9 Å². The molecule has 2 N–H and O–H groups in total. The van der Waals surface area contributed by atoms with Crippen LogP contribution in [0.25, 0.3) is 0 Å². The van der Waals surface area contributed by atoms with Gasteiger partial charge in [0, 0.05) is 30.2 Å². The van der Waals surface area contributed by atoms with Crippen LogP contribution in [-0.2, 0) is 4.79 Å². The number of amides is 1. The van der Waals surface area contributed by atoms with Gasteiger partial charge in [0.1, 0.15) is 0 Å². The molecule has 4 rings (SSSR count). The van der Waals surface area contributed by atoms with E-state index in [1.165, 1.54) is 12.8 Å². The molecule has 0 aromatic carbocycles. The maximum absolute atomic E-state index is 12.8. The molecular weight excluding hydrogens is 464 g/mol. The number of fused-ring (bicyclic) bond motifs is 1. The van der Waals surface area contributed by atoms with Gasteiger partial charge in [0.15, 0.2) is 0 Å². The predicted octanol–water partition coefficient (Wildman–Crippen LogP) is 4.16. The Morgan fingerprint density at radius 3 is 2.59 bits per heavy atom. The zero-order valence-corrected chi connectivity index (χ0v) is 21.8. The molecule has 0 aromatic heterocycles. The Bertz CT molecular complexity index is 1130. The average Bonchev–Trinajstić information content (AvgIpc) is 3.65. The van der Waals surface area contributed by atoms with E-state index in [9.17, 15) is 20.3 Å². The number of nitrogens with zero attached hydrogens (tertiary/aromatic N) is 4. The second-order valence-electron chi connectivity index (χ2n) is 10.5. The highest BCUT2D eigenvalue weighted by atomic mass is 16.3. The van der Waals surface area contributed by atoms with Crippen LogP contribution in [0, 0.1) is 23.2 Å². The maximum Gasteiger partial charge on any atom is 0.249 e. The summed E-state index contributed by atoms with van der Waals surface area (Å²) in [6, 6.07) is 2.21. The minimum absolute atomic E-state index is 0.0500. The van der Waals surface area contributed by atoms with Crippen molar-refractivity contribution in [3.8, 4) is 6.07 Å². The lowest BCUT2D eigenvalue weighted by molar-refractivity contribution is -0.126. The lowest BCUT2D eigenvalue weighted by atomic mass is 9.74. The summed E-state index contributed by atoms with van der Waals surface area (Å²) >= 11 is 0. The van der Waals surface area contributed by atoms with Crippen molar-refractivity contribution in [3.63, 3.8) is 0 Å². The van der Waals surface area contributed by atoms with E-state index in [-0.39, 0.29) is 30.0 Å². The number of hydrazone groups is 1. The number of nitriles is 1. The first-order chi connectivity index (χ1) is 17.9. The molecule has 3 atom stereocenters. The Kier molecular flexibility index (Phi) is 8.63. The van der Waals surface area contributed by atoms with Crippen molar-refractivity contribution in [2.45, 2.75) is 64.0 Å². The van der Waals surface area contributed by atoms with Gasteiger partial charge in [-0.05, 0) is 68.7 Å². The average molecular weight is 503 g/mol. The molecule has 3 unspecified atom stereocenters. The molecule has 2 heterocycles. The molecule has 4 aliphatic rings. The first-order valence-electron chi connectivity index (χ1n) is 13.3. The summed E-state index contributed by atoms with van der Waals surface area (Å²) in [5.74, 6) is 0.713. The van der Waals surface area contributed by atoms with E-state index in [0.29, 0.717) is 31.0 Å². The molecule has 0 bridgehead atoms. The van der Waals surface area contributed by atoms with E-state index in [0.717, 1.165) is 48.2 Å². The summed E-state index contributed by atoms with van der Waals surface area (Å²) in [6.45, 7) is 10.8. The number of hydrogen-bond acceptors (Lipinski definition) is 6. The number of likely N-dealkylation sites (tertiary alicyclic amines) is 1. The Labute approximate surface area is 220 Å². The zero-order valence-electron chi connectivity index (χ0n) is 21.8. The van der Waals surface area contributed by atoms with Crippen molar-refractivity contribution in [2.75, 3.05) is 19.7 Å². The van der Waals surface area contributed by atoms with Gasteiger partial charge in [0.25, 0.3) is 0 Å². The molecule has 0 spiro atoms. The van der Waals surface area contributed by atoms with E-state index >= 15 is 0 Å². The lowest BCUT2D eigenvalue weighted by Crippen LogP contribution is -2.39. The minimum atomic E-state index is -0.441. The molecular formula is C30H38N4O3. The van der Waals surface area contributed by atoms with Crippen molar-refractivity contribution in [3.05, 3.63) is 71.5 Å². The topological polar surface area (TPSA) is 100 Å². The fourth-order valence-electron chi connectivity index (χ4n) is 6.06. The molecule has 2 saturated carbocycles. The molecule has 2 aliphatic carbocycles. The number of aliphatic hydroxyl groups excluding tert-OH is 2. The largest absolute Gasteiger partial charge is 0.391 e. The summed E-state index contributed by atoms with van der Waals surface area (Å²) in [4.78, 5) is 14.6. The van der Waals surface area contributed by atoms with Crippen LogP contribution in [0.15, 0.2) is 76.6 Å². The summed E-state index contributed by atoms with van der Waals surface area (Å²) in [5.41, 5.74) is 4.73. The van der Waals surface area contributed by atoms with Gasteiger partial charge < -0.3 is 15.1 Å². The van der Waals surface area contributed by atoms with Crippen LogP contribution in [0.2, 0.25) is 0 Å². The van der Waals surface area contributed by atoms with Gasteiger partial charge in [-0.1, -0.05) is 38.2 Å². The molecule has 37 heavy (non-hydrogen) atoms. The van der Waals surface area contributed by atoms with Crippen LogP contribution in [0.3, 0.4) is 0 Å². The number of carbonyl (C=O) groups excluding carboxylic acids is 1. The maximum atomic E-state index is 12.8. The Morgan fingerprint density at radius 1 is 1.22 bits per heavy atom. The Balaban J connectivity index is 1.68. The number of β-amino-alcohol motifs (C(OH)–C–C–N with tert-alkyl or cyclic N) is 1. The van der Waals surface area contributed by atoms with Gasteiger partial charge in [0.2, 0.25) is 5.91 Å². The van der Waals surface area contributed by atoms with Crippen LogP contribution in [0.4, 0.5) is 0 Å². The SMILES string of the molecule is C=C/C(=C\C=C(\C#N)CO)N1N=C2/C(=C/C=C(\C)C(=O)N3CCC(O)C3)C(=C)CCC2C1C1CCCC1. The third kappa shape index (κ3) is 5.71. The fourth-order valence-corrected chi connectivity index (χ4v) is 6.06. The minimum Gasteiger partial charge on any atom is -0.391 e. The van der Waals surface area contributed by atoms with Crippen molar-refractivity contribution in [1.82, 2.24) is 9.91 Å². The van der Waals surface area contributed by atoms with Crippen LogP contribution >= 0.6 is 0 Å². The third-order valence-electron chi connectivity index (χ3n) is 8.09. The van der Waals surface area contributed by atoms with Crippen molar-refractivity contribution < 1.29 is 15.0 Å². The van der Waals surface area contributed by atoms with Crippen LogP contribution in [0.1, 0.15) is 51.9 Å². The third-order valence-corrected chi connectivity index (χ3v) is 8.09. The standard InChI is InChI=1S/C30H38N4O3/c1-4-24(12-11-22(17-31)19-35)34-29(23-7-5-6-8-23)27-14-9-20(2)26(28(27)32-34)13-10-21(3)30(37)33-16-15-25(36)18-33/h4,10-13,23,25,27,29,35-36H,1-2,5-9,14-16,18-19H2,3H3/b21-10+,22-11-,24-12+,26-13+. The number of aliphatic hydroxyl groups is 2. The highest BCUT2D eigenvalue weighted by Gasteiger charge is 2.46. The van der Waals surface area contributed by atoms with Crippen LogP contribution in [-0.4, -0.2) is 63.6 Å². The number of carbonyl (C=O) groups is 1. The molecule has 3 fully saturated rings. The predicted molar refractivity (Wildman–Crippen MR) is 145 cm³/mol. The van der Waals surface area contributed by atoms with E-state index < -0.39 is 6.10 Å². The molecule has 2 aliphatic heterocycles. The lowest BCUT2D eigenvalue weighted by Gasteiger charge is -2.35. The monoisotopic (exact) mass is 502 g/mol. The second kappa shape index (κ2) is 11.9.